The molecular weight excluding hydrogens is 430 g/mol. The van der Waals surface area contributed by atoms with Crippen molar-refractivity contribution in [3.05, 3.63) is 71.5 Å². The Kier molecular flexibility index (Phi) is 9.05. The fourth-order valence-corrected chi connectivity index (χ4v) is 3.79. The Morgan fingerprint density at radius 1 is 1.12 bits per heavy atom. The van der Waals surface area contributed by atoms with Gasteiger partial charge in [-0.15, -0.1) is 0 Å². The number of ether oxygens (including phenoxy) is 1. The van der Waals surface area contributed by atoms with Crippen LogP contribution in [-0.4, -0.2) is 54.2 Å². The van der Waals surface area contributed by atoms with Crippen molar-refractivity contribution in [3.8, 4) is 0 Å². The number of aliphatic imine (C=N–C) groups is 1. The average molecular weight is 461 g/mol. The second kappa shape index (κ2) is 12.0. The van der Waals surface area contributed by atoms with Crippen LogP contribution in [0, 0.1) is 5.92 Å². The SMILES string of the molecule is O=C1C=CC2C([C@@H](O)CNCCCCCCOCC(F)(F)c3ccccc3)=CC=C(O)C2=N1. The van der Waals surface area contributed by atoms with E-state index >= 15 is 0 Å². The molecule has 0 bridgehead atoms. The summed E-state index contributed by atoms with van der Waals surface area (Å²) in [5, 5.41) is 23.6. The third-order valence-corrected chi connectivity index (χ3v) is 5.61. The topological polar surface area (TPSA) is 91.2 Å². The van der Waals surface area contributed by atoms with E-state index in [-0.39, 0.29) is 17.0 Å². The van der Waals surface area contributed by atoms with Crippen LogP contribution >= 0.6 is 0 Å². The molecule has 6 nitrogen and oxygen atoms in total. The van der Waals surface area contributed by atoms with Gasteiger partial charge in [0.1, 0.15) is 12.4 Å². The van der Waals surface area contributed by atoms with Crippen molar-refractivity contribution in [1.29, 1.82) is 0 Å². The van der Waals surface area contributed by atoms with Gasteiger partial charge in [-0.25, -0.2) is 4.99 Å². The normalized spacial score (nSPS) is 18.9. The maximum Gasteiger partial charge on any atom is 0.296 e. The van der Waals surface area contributed by atoms with Crippen LogP contribution in [0.1, 0.15) is 31.2 Å². The highest BCUT2D eigenvalue weighted by molar-refractivity contribution is 6.13. The van der Waals surface area contributed by atoms with E-state index in [4.69, 9.17) is 4.74 Å². The van der Waals surface area contributed by atoms with E-state index < -0.39 is 30.5 Å². The second-order valence-corrected chi connectivity index (χ2v) is 8.15. The molecule has 0 saturated carbocycles. The van der Waals surface area contributed by atoms with Crippen molar-refractivity contribution in [2.24, 2.45) is 10.9 Å². The van der Waals surface area contributed by atoms with Crippen molar-refractivity contribution < 1.29 is 28.5 Å². The summed E-state index contributed by atoms with van der Waals surface area (Å²) in [5.41, 5.74) is 0.904. The number of carbonyl (C=O) groups excluding carboxylic acids is 1. The van der Waals surface area contributed by atoms with Gasteiger partial charge in [-0.3, -0.25) is 4.79 Å². The van der Waals surface area contributed by atoms with E-state index in [1.54, 1.807) is 30.4 Å². The van der Waals surface area contributed by atoms with Gasteiger partial charge in [0, 0.05) is 30.7 Å². The molecule has 0 aromatic heterocycles. The first-order valence-corrected chi connectivity index (χ1v) is 11.2. The molecule has 0 radical (unpaired) electrons. The zero-order valence-electron chi connectivity index (χ0n) is 18.4. The van der Waals surface area contributed by atoms with Gasteiger partial charge in [-0.2, -0.15) is 8.78 Å². The van der Waals surface area contributed by atoms with E-state index in [2.05, 4.69) is 10.3 Å². The number of unbranched alkanes of at least 4 members (excludes halogenated alkanes) is 3. The summed E-state index contributed by atoms with van der Waals surface area (Å²) >= 11 is 0. The molecule has 3 rings (SSSR count). The molecule has 2 aliphatic rings. The number of fused-ring (bicyclic) bond motifs is 1. The molecular formula is C25H30F2N2O4. The van der Waals surface area contributed by atoms with Crippen molar-refractivity contribution in [1.82, 2.24) is 5.32 Å². The monoisotopic (exact) mass is 460 g/mol. The van der Waals surface area contributed by atoms with E-state index in [0.717, 1.165) is 19.3 Å². The summed E-state index contributed by atoms with van der Waals surface area (Å²) in [7, 11) is 0. The van der Waals surface area contributed by atoms with E-state index in [1.807, 2.05) is 0 Å². The van der Waals surface area contributed by atoms with Gasteiger partial charge in [0.05, 0.1) is 11.8 Å². The van der Waals surface area contributed by atoms with Crippen molar-refractivity contribution in [3.63, 3.8) is 0 Å². The van der Waals surface area contributed by atoms with E-state index in [9.17, 15) is 23.8 Å². The minimum atomic E-state index is -2.98. The quantitative estimate of drug-likeness (QED) is 0.389. The minimum Gasteiger partial charge on any atom is -0.506 e. The first-order chi connectivity index (χ1) is 15.9. The minimum absolute atomic E-state index is 0.0356. The Hall–Kier alpha value is -2.68. The Morgan fingerprint density at radius 3 is 2.67 bits per heavy atom. The molecule has 0 fully saturated rings. The van der Waals surface area contributed by atoms with E-state index in [0.29, 0.717) is 31.7 Å². The van der Waals surface area contributed by atoms with Crippen LogP contribution in [0.5, 0.6) is 0 Å². The predicted molar refractivity (Wildman–Crippen MR) is 122 cm³/mol. The number of hydrogen-bond donors (Lipinski definition) is 3. The third-order valence-electron chi connectivity index (χ3n) is 5.61. The molecule has 1 unspecified atom stereocenters. The number of rotatable bonds is 13. The number of carbonyl (C=O) groups is 1. The largest absolute Gasteiger partial charge is 0.506 e. The lowest BCUT2D eigenvalue weighted by molar-refractivity contribution is -0.113. The van der Waals surface area contributed by atoms with E-state index in [1.165, 1.54) is 24.3 Å². The summed E-state index contributed by atoms with van der Waals surface area (Å²) in [6.45, 7) is 0.725. The summed E-state index contributed by atoms with van der Waals surface area (Å²) in [4.78, 5) is 15.3. The standard InChI is InChI=1S/C25H30F2N2O4/c26-25(27,18-8-4-3-5-9-18)17-33-15-7-2-1-6-14-28-16-22(31)19-10-12-21(30)24-20(19)11-13-23(32)29-24/h3-5,8-13,20,22,28,30-31H,1-2,6-7,14-17H2/t20?,22-/m0/s1. The number of hydrogen-bond acceptors (Lipinski definition) is 5. The van der Waals surface area contributed by atoms with Gasteiger partial charge in [0.25, 0.3) is 11.8 Å². The van der Waals surface area contributed by atoms with Gasteiger partial charge in [0.15, 0.2) is 0 Å². The number of allylic oxidation sites excluding steroid dienone is 4. The molecule has 2 atom stereocenters. The van der Waals surface area contributed by atoms with Gasteiger partial charge < -0.3 is 20.3 Å². The third kappa shape index (κ3) is 7.15. The van der Waals surface area contributed by atoms with Crippen molar-refractivity contribution >= 4 is 11.6 Å². The van der Waals surface area contributed by atoms with Gasteiger partial charge in [-0.05, 0) is 31.0 Å². The van der Waals surface area contributed by atoms with Crippen LogP contribution in [0.15, 0.2) is 71.0 Å². The maximum absolute atomic E-state index is 14.0. The first kappa shape index (κ1) is 25.0. The average Bonchev–Trinajstić information content (AvgIpc) is 2.81. The number of dihydropyridines is 1. The highest BCUT2D eigenvalue weighted by atomic mass is 19.3. The Balaban J connectivity index is 1.25. The van der Waals surface area contributed by atoms with Gasteiger partial charge in [0.2, 0.25) is 0 Å². The lowest BCUT2D eigenvalue weighted by Crippen LogP contribution is -2.35. The number of benzene rings is 1. The zero-order valence-corrected chi connectivity index (χ0v) is 18.4. The second-order valence-electron chi connectivity index (χ2n) is 8.15. The number of aliphatic hydroxyl groups is 2. The maximum atomic E-state index is 14.0. The van der Waals surface area contributed by atoms with Gasteiger partial charge in [-0.1, -0.05) is 55.3 Å². The molecule has 33 heavy (non-hydrogen) atoms. The van der Waals surface area contributed by atoms with Crippen LogP contribution < -0.4 is 5.32 Å². The van der Waals surface area contributed by atoms with Crippen LogP contribution in [-0.2, 0) is 15.5 Å². The number of aliphatic hydroxyl groups excluding tert-OH is 2. The van der Waals surface area contributed by atoms with Gasteiger partial charge >= 0.3 is 0 Å². The Labute approximate surface area is 192 Å². The predicted octanol–water partition coefficient (Wildman–Crippen LogP) is 3.84. The van der Waals surface area contributed by atoms with Crippen LogP contribution in [0.25, 0.3) is 0 Å². The molecule has 1 aromatic rings. The first-order valence-electron chi connectivity index (χ1n) is 11.2. The van der Waals surface area contributed by atoms with Crippen molar-refractivity contribution in [2.45, 2.75) is 37.7 Å². The highest BCUT2D eigenvalue weighted by Gasteiger charge is 2.32. The molecule has 1 aliphatic heterocycles. The number of nitrogens with one attached hydrogen (secondary N) is 1. The molecule has 1 heterocycles. The molecule has 0 spiro atoms. The smallest absolute Gasteiger partial charge is 0.296 e. The zero-order chi connectivity index (χ0) is 23.7. The molecule has 1 amide bonds. The number of amides is 1. The lowest BCUT2D eigenvalue weighted by atomic mass is 9.84. The van der Waals surface area contributed by atoms with Crippen LogP contribution in [0.3, 0.4) is 0 Å². The number of nitrogens with zero attached hydrogens (tertiary/aromatic N) is 1. The summed E-state index contributed by atoms with van der Waals surface area (Å²) in [6.07, 6.45) is 8.70. The molecule has 0 saturated heterocycles. The number of halogens is 2. The Morgan fingerprint density at radius 2 is 1.88 bits per heavy atom. The highest BCUT2D eigenvalue weighted by Crippen LogP contribution is 2.29. The molecule has 3 N–H and O–H groups in total. The van der Waals surface area contributed by atoms with Crippen molar-refractivity contribution in [2.75, 3.05) is 26.3 Å². The van der Waals surface area contributed by atoms with Crippen LogP contribution in [0.2, 0.25) is 0 Å². The molecule has 1 aliphatic carbocycles. The fourth-order valence-electron chi connectivity index (χ4n) is 3.79. The summed E-state index contributed by atoms with van der Waals surface area (Å²) < 4.78 is 33.2. The molecule has 8 heteroatoms. The molecule has 178 valence electrons. The Bertz CT molecular complexity index is 926. The summed E-state index contributed by atoms with van der Waals surface area (Å²) in [6, 6.07) is 7.68. The van der Waals surface area contributed by atoms with Crippen LogP contribution in [0.4, 0.5) is 8.78 Å². The lowest BCUT2D eigenvalue weighted by Gasteiger charge is -2.27. The molecule has 1 aromatic carbocycles. The fraction of sp³-hybridized carbons (Fsp3) is 0.440. The number of alkyl halides is 2. The summed E-state index contributed by atoms with van der Waals surface area (Å²) in [5.74, 6) is -3.87.